The molecule has 5 heterocycles. The van der Waals surface area contributed by atoms with E-state index in [2.05, 4.69) is 38.8 Å². The van der Waals surface area contributed by atoms with Crippen LogP contribution in [0.1, 0.15) is 44.6 Å². The van der Waals surface area contributed by atoms with Crippen molar-refractivity contribution in [1.29, 1.82) is 5.26 Å². The lowest BCUT2D eigenvalue weighted by Gasteiger charge is -2.55. The molecule has 2 aromatic heterocycles. The van der Waals surface area contributed by atoms with Gasteiger partial charge in [-0.25, -0.2) is 8.78 Å². The van der Waals surface area contributed by atoms with E-state index in [1.54, 1.807) is 0 Å². The van der Waals surface area contributed by atoms with Crippen molar-refractivity contribution in [2.45, 2.75) is 51.2 Å². The Morgan fingerprint density at radius 2 is 2.00 bits per heavy atom. The van der Waals surface area contributed by atoms with Crippen LogP contribution >= 0.6 is 0 Å². The number of nitrogens with zero attached hydrogens (tertiary/aromatic N) is 7. The van der Waals surface area contributed by atoms with Gasteiger partial charge in [-0.15, -0.1) is 6.42 Å². The van der Waals surface area contributed by atoms with Crippen molar-refractivity contribution >= 4 is 33.4 Å². The molecular weight excluding hydrogens is 640 g/mol. The molecule has 4 aliphatic rings. The van der Waals surface area contributed by atoms with Crippen molar-refractivity contribution in [3.05, 3.63) is 47.7 Å². The van der Waals surface area contributed by atoms with Gasteiger partial charge in [-0.2, -0.15) is 15.2 Å². The van der Waals surface area contributed by atoms with Crippen LogP contribution in [-0.4, -0.2) is 87.7 Å². The van der Waals surface area contributed by atoms with E-state index >= 15 is 4.39 Å². The Hall–Kier alpha value is -5.07. The maximum Gasteiger partial charge on any atom is 0.319 e. The highest BCUT2D eigenvalue weighted by Gasteiger charge is 2.53. The minimum absolute atomic E-state index is 0.0153. The smallest absolute Gasteiger partial charge is 0.319 e. The van der Waals surface area contributed by atoms with Gasteiger partial charge in [0, 0.05) is 54.8 Å². The monoisotopic (exact) mass is 677 g/mol. The molecule has 10 nitrogen and oxygen atoms in total. The minimum atomic E-state index is -0.774. The summed E-state index contributed by atoms with van der Waals surface area (Å²) in [6.07, 6.45) is 11.4. The number of terminal acetylenes is 1. The molecule has 8 rings (SSSR count). The summed E-state index contributed by atoms with van der Waals surface area (Å²) < 4.78 is 38.2. The fourth-order valence-electron chi connectivity index (χ4n) is 8.44. The Bertz CT molecular complexity index is 2140. The molecule has 1 amide bonds. The molecule has 1 spiro atoms. The summed E-state index contributed by atoms with van der Waals surface area (Å²) in [5, 5.41) is 20.9. The molecule has 4 aromatic rings. The number of phenols is 1. The standard InChI is InChI=1S/C38H37F2N7O3/c1-4-25-29(39)9-8-22-13-24(48)15-27(31(22)25)33-32(40)34-28(17-42-33)35(44-37(43-34)50-21(2)30-7-5-11-45(30)3)46-12-6-10-38(18-46)19-47(20-38)36(49)26-14-23(26)16-41/h1,8-9,13,15,17,21,23,26,30,48H,5-7,10-12,14,18-20H2,2-3H3/t21?,23-,26+,30-/m0/s1. The molecule has 4 fully saturated rings. The fourth-order valence-corrected chi connectivity index (χ4v) is 8.44. The number of phenolic OH excluding ortho intramolecular Hbond substituents is 1. The first-order valence-corrected chi connectivity index (χ1v) is 17.2. The van der Waals surface area contributed by atoms with Crippen LogP contribution in [-0.2, 0) is 4.79 Å². The first-order valence-electron chi connectivity index (χ1n) is 17.2. The normalized spacial score (nSPS) is 23.4. The molecule has 2 aromatic carbocycles. The summed E-state index contributed by atoms with van der Waals surface area (Å²) in [5.41, 5.74) is -0.222. The number of benzene rings is 2. The summed E-state index contributed by atoms with van der Waals surface area (Å²) in [6.45, 7) is 5.38. The number of fused-ring (bicyclic) bond motifs is 2. The van der Waals surface area contributed by atoms with Gasteiger partial charge in [-0.3, -0.25) is 14.7 Å². The van der Waals surface area contributed by atoms with Crippen LogP contribution in [0.3, 0.4) is 0 Å². The van der Waals surface area contributed by atoms with Gasteiger partial charge in [0.05, 0.1) is 28.9 Å². The highest BCUT2D eigenvalue weighted by atomic mass is 19.1. The van der Waals surface area contributed by atoms with Crippen LogP contribution in [0.5, 0.6) is 11.8 Å². The van der Waals surface area contributed by atoms with Gasteiger partial charge in [-0.05, 0) is 76.2 Å². The van der Waals surface area contributed by atoms with Crippen LogP contribution in [0.4, 0.5) is 14.6 Å². The maximum atomic E-state index is 17.0. The molecule has 256 valence electrons. The van der Waals surface area contributed by atoms with E-state index in [9.17, 15) is 19.6 Å². The van der Waals surface area contributed by atoms with Gasteiger partial charge >= 0.3 is 6.01 Å². The molecule has 1 aliphatic carbocycles. The van der Waals surface area contributed by atoms with E-state index in [0.717, 1.165) is 32.2 Å². The van der Waals surface area contributed by atoms with Crippen molar-refractivity contribution in [3.63, 3.8) is 0 Å². The Morgan fingerprint density at radius 1 is 1.18 bits per heavy atom. The highest BCUT2D eigenvalue weighted by Crippen LogP contribution is 2.46. The number of piperidine rings is 1. The second kappa shape index (κ2) is 12.1. The quantitative estimate of drug-likeness (QED) is 0.273. The van der Waals surface area contributed by atoms with Crippen LogP contribution in [0, 0.1) is 52.6 Å². The van der Waals surface area contributed by atoms with Crippen molar-refractivity contribution in [2.24, 2.45) is 17.3 Å². The van der Waals surface area contributed by atoms with Gasteiger partial charge in [0.2, 0.25) is 5.91 Å². The van der Waals surface area contributed by atoms with E-state index in [4.69, 9.17) is 16.1 Å². The number of carbonyl (C=O) groups is 1. The number of pyridine rings is 1. The lowest BCUT2D eigenvalue weighted by atomic mass is 9.73. The number of likely N-dealkylation sites (tertiary alicyclic amines) is 2. The summed E-state index contributed by atoms with van der Waals surface area (Å²) in [6, 6.07) is 7.86. The number of halogens is 2. The number of carbonyl (C=O) groups excluding carboxylic acids is 1. The lowest BCUT2D eigenvalue weighted by molar-refractivity contribution is -0.145. The second-order valence-electron chi connectivity index (χ2n) is 14.5. The molecule has 0 radical (unpaired) electrons. The summed E-state index contributed by atoms with van der Waals surface area (Å²) in [7, 11) is 2.05. The summed E-state index contributed by atoms with van der Waals surface area (Å²) in [4.78, 5) is 33.2. The van der Waals surface area contributed by atoms with Crippen molar-refractivity contribution in [3.8, 4) is 41.4 Å². The Labute approximate surface area is 288 Å². The predicted octanol–water partition coefficient (Wildman–Crippen LogP) is 5.26. The van der Waals surface area contributed by atoms with E-state index < -0.39 is 11.6 Å². The van der Waals surface area contributed by atoms with Crippen LogP contribution in [0.2, 0.25) is 0 Å². The fraction of sp³-hybridized carbons (Fsp3) is 0.447. The third-order valence-electron chi connectivity index (χ3n) is 11.1. The first-order chi connectivity index (χ1) is 24.1. The number of amides is 1. The molecule has 12 heteroatoms. The van der Waals surface area contributed by atoms with Gasteiger partial charge in [-0.1, -0.05) is 12.0 Å². The highest BCUT2D eigenvalue weighted by molar-refractivity contribution is 6.03. The molecule has 4 atom stereocenters. The Morgan fingerprint density at radius 3 is 2.72 bits per heavy atom. The number of aromatic hydroxyl groups is 1. The summed E-state index contributed by atoms with van der Waals surface area (Å²) >= 11 is 0. The Kier molecular flexibility index (Phi) is 7.76. The molecule has 50 heavy (non-hydrogen) atoms. The molecule has 3 aliphatic heterocycles. The second-order valence-corrected chi connectivity index (χ2v) is 14.5. The number of hydrogen-bond donors (Lipinski definition) is 1. The molecule has 0 bridgehead atoms. The first kappa shape index (κ1) is 32.2. The zero-order valence-electron chi connectivity index (χ0n) is 28.0. The van der Waals surface area contributed by atoms with E-state index in [1.807, 2.05) is 11.8 Å². The molecule has 1 unspecified atom stereocenters. The SMILES string of the molecule is C#Cc1c(F)ccc2cc(O)cc(-c3ncc4c(N5CCCC6(CN(C(=O)[C@@H]7C[C@H]7C#N)C6)C5)nc(OC(C)[C@@H]5CCCN5C)nc4c3F)c12. The van der Waals surface area contributed by atoms with Crippen LogP contribution < -0.4 is 9.64 Å². The lowest BCUT2D eigenvalue weighted by Crippen LogP contribution is -2.64. The third kappa shape index (κ3) is 5.34. The van der Waals surface area contributed by atoms with Crippen LogP contribution in [0.25, 0.3) is 32.9 Å². The van der Waals surface area contributed by atoms with Gasteiger partial charge < -0.3 is 19.6 Å². The minimum Gasteiger partial charge on any atom is -0.508 e. The molecular formula is C38H37F2N7O3. The van der Waals surface area contributed by atoms with E-state index in [0.29, 0.717) is 49.2 Å². The van der Waals surface area contributed by atoms with Gasteiger partial charge in [0.15, 0.2) is 5.82 Å². The zero-order chi connectivity index (χ0) is 34.9. The van der Waals surface area contributed by atoms with Gasteiger partial charge in [0.25, 0.3) is 0 Å². The molecule has 3 saturated heterocycles. The number of likely N-dealkylation sites (N-methyl/N-ethyl adjacent to an activating group) is 1. The number of ether oxygens (including phenoxy) is 1. The average molecular weight is 678 g/mol. The van der Waals surface area contributed by atoms with E-state index in [-0.39, 0.29) is 74.8 Å². The van der Waals surface area contributed by atoms with Gasteiger partial charge in [0.1, 0.15) is 34.7 Å². The number of nitriles is 1. The number of hydrogen-bond acceptors (Lipinski definition) is 9. The maximum absolute atomic E-state index is 17.0. The number of aromatic nitrogens is 3. The molecule has 1 saturated carbocycles. The van der Waals surface area contributed by atoms with Crippen molar-refractivity contribution in [1.82, 2.24) is 24.8 Å². The zero-order valence-corrected chi connectivity index (χ0v) is 28.0. The number of anilines is 1. The van der Waals surface area contributed by atoms with E-state index in [1.165, 1.54) is 30.5 Å². The van der Waals surface area contributed by atoms with Crippen molar-refractivity contribution < 1.29 is 23.4 Å². The third-order valence-corrected chi connectivity index (χ3v) is 11.1. The van der Waals surface area contributed by atoms with Crippen molar-refractivity contribution in [2.75, 3.05) is 44.7 Å². The topological polar surface area (TPSA) is 119 Å². The summed E-state index contributed by atoms with van der Waals surface area (Å²) in [5.74, 6) is 0.984. The predicted molar refractivity (Wildman–Crippen MR) is 183 cm³/mol. The Balaban J connectivity index is 1.20. The average Bonchev–Trinajstić information content (AvgIpc) is 3.77. The number of rotatable bonds is 6. The molecule has 1 N–H and O–H groups in total. The van der Waals surface area contributed by atoms with Crippen LogP contribution in [0.15, 0.2) is 30.5 Å². The largest absolute Gasteiger partial charge is 0.508 e.